The molecule has 4 heteroatoms. The summed E-state index contributed by atoms with van der Waals surface area (Å²) in [7, 11) is 0. The Balaban J connectivity index is 1.98. The number of hydrogen-bond donors (Lipinski definition) is 0. The van der Waals surface area contributed by atoms with Gasteiger partial charge in [-0.05, 0) is 23.8 Å². The van der Waals surface area contributed by atoms with Crippen LogP contribution in [-0.4, -0.2) is 4.98 Å². The van der Waals surface area contributed by atoms with Gasteiger partial charge in [0.25, 0.3) is 0 Å². The minimum absolute atomic E-state index is 0.571. The van der Waals surface area contributed by atoms with Crippen molar-refractivity contribution in [3.8, 4) is 0 Å². The summed E-state index contributed by atoms with van der Waals surface area (Å²) in [4.78, 5) is 4.03. The quantitative estimate of drug-likeness (QED) is 0.677. The molecule has 0 amide bonds. The van der Waals surface area contributed by atoms with Gasteiger partial charge in [-0.25, -0.2) is 0 Å². The van der Waals surface area contributed by atoms with Crippen LogP contribution in [0.25, 0.3) is 11.0 Å². The highest BCUT2D eigenvalue weighted by Crippen LogP contribution is 2.26. The van der Waals surface area contributed by atoms with Gasteiger partial charge in [-0.1, -0.05) is 29.3 Å². The molecule has 0 bridgehead atoms. The Morgan fingerprint density at radius 1 is 1.11 bits per heavy atom. The number of halogens is 2. The fourth-order valence-corrected chi connectivity index (χ4v) is 2.26. The van der Waals surface area contributed by atoms with E-state index >= 15 is 0 Å². The monoisotopic (exact) mass is 277 g/mol. The Kier molecular flexibility index (Phi) is 2.98. The van der Waals surface area contributed by atoms with E-state index in [2.05, 4.69) is 4.98 Å². The van der Waals surface area contributed by atoms with Gasteiger partial charge < -0.3 is 4.42 Å². The van der Waals surface area contributed by atoms with Crippen molar-refractivity contribution in [2.75, 3.05) is 0 Å². The van der Waals surface area contributed by atoms with Crippen molar-refractivity contribution in [2.45, 2.75) is 6.42 Å². The van der Waals surface area contributed by atoms with Crippen molar-refractivity contribution in [3.63, 3.8) is 0 Å². The summed E-state index contributed by atoms with van der Waals surface area (Å²) in [5.41, 5.74) is 3.02. The molecule has 0 saturated carbocycles. The molecule has 2 nitrogen and oxygen atoms in total. The third-order valence-electron chi connectivity index (χ3n) is 2.84. The molecule has 0 spiro atoms. The average molecular weight is 278 g/mol. The summed E-state index contributed by atoms with van der Waals surface area (Å²) in [5, 5.41) is 2.22. The van der Waals surface area contributed by atoms with Crippen molar-refractivity contribution in [1.82, 2.24) is 4.98 Å². The Hall–Kier alpha value is -1.51. The van der Waals surface area contributed by atoms with Gasteiger partial charge in [0.1, 0.15) is 0 Å². The number of fused-ring (bicyclic) bond motifs is 1. The van der Waals surface area contributed by atoms with E-state index in [1.54, 1.807) is 18.7 Å². The zero-order chi connectivity index (χ0) is 12.5. The molecule has 0 N–H and O–H groups in total. The van der Waals surface area contributed by atoms with E-state index in [1.165, 1.54) is 0 Å². The second-order valence-electron chi connectivity index (χ2n) is 4.06. The molecule has 0 aliphatic heterocycles. The number of aromatic nitrogens is 1. The van der Waals surface area contributed by atoms with E-state index in [-0.39, 0.29) is 0 Å². The van der Waals surface area contributed by atoms with Gasteiger partial charge in [-0.2, -0.15) is 0 Å². The highest BCUT2D eigenvalue weighted by atomic mass is 35.5. The summed E-state index contributed by atoms with van der Waals surface area (Å²) < 4.78 is 5.45. The average Bonchev–Trinajstić information content (AvgIpc) is 2.78. The molecule has 0 aliphatic carbocycles. The van der Waals surface area contributed by atoms with Crippen molar-refractivity contribution >= 4 is 34.2 Å². The molecule has 0 radical (unpaired) electrons. The van der Waals surface area contributed by atoms with Gasteiger partial charge in [-0.15, -0.1) is 0 Å². The lowest BCUT2D eigenvalue weighted by Crippen LogP contribution is -1.87. The Morgan fingerprint density at radius 2 is 2.00 bits per heavy atom. The van der Waals surface area contributed by atoms with Crippen LogP contribution in [-0.2, 0) is 6.42 Å². The van der Waals surface area contributed by atoms with E-state index in [9.17, 15) is 0 Å². The fourth-order valence-electron chi connectivity index (χ4n) is 1.94. The first kappa shape index (κ1) is 11.6. The molecule has 0 aliphatic rings. The largest absolute Gasteiger partial charge is 0.462 e. The Bertz CT molecular complexity index is 706. The van der Waals surface area contributed by atoms with Crippen LogP contribution in [0, 0.1) is 0 Å². The maximum atomic E-state index is 6.01. The summed E-state index contributed by atoms with van der Waals surface area (Å²) in [5.74, 6) is 0. The molecule has 0 unspecified atom stereocenters. The first-order chi connectivity index (χ1) is 8.74. The molecule has 2 aromatic heterocycles. The molecular formula is C14H9Cl2NO. The number of benzene rings is 1. The zero-order valence-electron chi connectivity index (χ0n) is 9.36. The van der Waals surface area contributed by atoms with Crippen molar-refractivity contribution in [1.29, 1.82) is 0 Å². The summed E-state index contributed by atoms with van der Waals surface area (Å²) in [6.45, 7) is 0. The van der Waals surface area contributed by atoms with Crippen molar-refractivity contribution in [3.05, 3.63) is 64.1 Å². The normalized spacial score (nSPS) is 11.0. The van der Waals surface area contributed by atoms with Gasteiger partial charge >= 0.3 is 0 Å². The second kappa shape index (κ2) is 4.63. The van der Waals surface area contributed by atoms with Crippen LogP contribution in [0.3, 0.4) is 0 Å². The van der Waals surface area contributed by atoms with Gasteiger partial charge in [0.2, 0.25) is 0 Å². The van der Waals surface area contributed by atoms with Crippen LogP contribution < -0.4 is 0 Å². The molecule has 0 saturated heterocycles. The van der Waals surface area contributed by atoms with Gasteiger partial charge in [0.05, 0.1) is 22.5 Å². The predicted molar refractivity (Wildman–Crippen MR) is 73.3 cm³/mol. The maximum Gasteiger partial charge on any atom is 0.152 e. The molecule has 3 rings (SSSR count). The highest BCUT2D eigenvalue weighted by Gasteiger charge is 2.07. The van der Waals surface area contributed by atoms with E-state index in [0.717, 1.165) is 28.5 Å². The fraction of sp³-hybridized carbons (Fsp3) is 0.0714. The van der Waals surface area contributed by atoms with E-state index < -0.39 is 0 Å². The van der Waals surface area contributed by atoms with E-state index in [1.807, 2.05) is 24.3 Å². The molecular weight excluding hydrogens is 269 g/mol. The van der Waals surface area contributed by atoms with E-state index in [0.29, 0.717) is 10.0 Å². The molecule has 1 aromatic carbocycles. The number of nitrogens with zero attached hydrogens (tertiary/aromatic N) is 1. The van der Waals surface area contributed by atoms with Gasteiger partial charge in [0.15, 0.2) is 5.58 Å². The smallest absolute Gasteiger partial charge is 0.152 e. The molecule has 3 aromatic rings. The van der Waals surface area contributed by atoms with Crippen LogP contribution in [0.5, 0.6) is 0 Å². The van der Waals surface area contributed by atoms with Gasteiger partial charge in [0, 0.05) is 23.6 Å². The number of rotatable bonds is 2. The molecule has 90 valence electrons. The number of furan rings is 1. The lowest BCUT2D eigenvalue weighted by Gasteiger charge is -2.02. The molecule has 2 heterocycles. The predicted octanol–water partition coefficient (Wildman–Crippen LogP) is 4.73. The third kappa shape index (κ3) is 2.09. The highest BCUT2D eigenvalue weighted by molar-refractivity contribution is 6.42. The zero-order valence-corrected chi connectivity index (χ0v) is 10.9. The number of pyridine rings is 1. The minimum atomic E-state index is 0.571. The second-order valence-corrected chi connectivity index (χ2v) is 4.87. The lowest BCUT2D eigenvalue weighted by molar-refractivity contribution is 0.610. The molecule has 0 fully saturated rings. The summed E-state index contributed by atoms with van der Waals surface area (Å²) in [6.07, 6.45) is 5.99. The lowest BCUT2D eigenvalue weighted by atomic mass is 10.1. The third-order valence-corrected chi connectivity index (χ3v) is 3.58. The summed E-state index contributed by atoms with van der Waals surface area (Å²) >= 11 is 11.9. The Labute approximate surface area is 114 Å². The maximum absolute atomic E-state index is 6.01. The first-order valence-corrected chi connectivity index (χ1v) is 6.23. The van der Waals surface area contributed by atoms with Crippen LogP contribution in [0.4, 0.5) is 0 Å². The van der Waals surface area contributed by atoms with Crippen LogP contribution in [0.15, 0.2) is 47.3 Å². The topological polar surface area (TPSA) is 26.0 Å². The van der Waals surface area contributed by atoms with Crippen molar-refractivity contribution in [2.24, 2.45) is 0 Å². The standard InChI is InChI=1S/C14H9Cl2NO/c15-12-2-1-9(6-13(12)16)5-10-8-18-14-7-17-4-3-11(10)14/h1-4,6-8H,5H2. The van der Waals surface area contributed by atoms with Crippen LogP contribution >= 0.6 is 23.2 Å². The van der Waals surface area contributed by atoms with Crippen LogP contribution in [0.1, 0.15) is 11.1 Å². The first-order valence-electron chi connectivity index (χ1n) is 5.48. The molecule has 0 atom stereocenters. The molecule has 18 heavy (non-hydrogen) atoms. The SMILES string of the molecule is Clc1ccc(Cc2coc3cnccc23)cc1Cl. The number of hydrogen-bond acceptors (Lipinski definition) is 2. The minimum Gasteiger partial charge on any atom is -0.462 e. The van der Waals surface area contributed by atoms with Gasteiger partial charge in [-0.3, -0.25) is 4.98 Å². The Morgan fingerprint density at radius 3 is 2.83 bits per heavy atom. The van der Waals surface area contributed by atoms with E-state index in [4.69, 9.17) is 27.6 Å². The van der Waals surface area contributed by atoms with Crippen molar-refractivity contribution < 1.29 is 4.42 Å². The van der Waals surface area contributed by atoms with Crippen LogP contribution in [0.2, 0.25) is 10.0 Å². The summed E-state index contributed by atoms with van der Waals surface area (Å²) in [6, 6.07) is 7.60.